The average Bonchev–Trinajstić information content (AvgIpc) is 3.24. The second-order valence-corrected chi connectivity index (χ2v) is 8.93. The minimum atomic E-state index is -0.235. The van der Waals surface area contributed by atoms with Crippen molar-refractivity contribution in [3.63, 3.8) is 0 Å². The van der Waals surface area contributed by atoms with Crippen LogP contribution in [0.4, 0.5) is 5.82 Å². The first-order valence-corrected chi connectivity index (χ1v) is 10.7. The second kappa shape index (κ2) is 7.63. The topological polar surface area (TPSA) is 80.1 Å². The summed E-state index contributed by atoms with van der Waals surface area (Å²) < 4.78 is 2.66. The van der Waals surface area contributed by atoms with E-state index >= 15 is 0 Å². The predicted octanol–water partition coefficient (Wildman–Crippen LogP) is 3.59. The van der Waals surface area contributed by atoms with Crippen LogP contribution < -0.4 is 5.32 Å². The number of carbonyl (C=O) groups excluding carboxylic acids is 2. The van der Waals surface area contributed by atoms with Crippen molar-refractivity contribution in [1.29, 1.82) is 0 Å². The van der Waals surface area contributed by atoms with Gasteiger partial charge in [0.2, 0.25) is 5.91 Å². The molecule has 0 aromatic carbocycles. The number of carbonyl (C=O) groups is 2. The van der Waals surface area contributed by atoms with E-state index in [-0.39, 0.29) is 17.7 Å². The van der Waals surface area contributed by atoms with E-state index < -0.39 is 0 Å². The Morgan fingerprint density at radius 3 is 2.89 bits per heavy atom. The van der Waals surface area contributed by atoms with Crippen LogP contribution in [0.1, 0.15) is 28.2 Å². The Balaban J connectivity index is 1.46. The van der Waals surface area contributed by atoms with Crippen LogP contribution in [0.2, 0.25) is 0 Å². The number of aromatic nitrogens is 3. The second-order valence-electron chi connectivity index (χ2n) is 6.98. The number of likely N-dealkylation sites (tertiary alicyclic amines) is 1. The van der Waals surface area contributed by atoms with E-state index in [1.54, 1.807) is 17.2 Å². The molecule has 3 aromatic heterocycles. The lowest BCUT2D eigenvalue weighted by Gasteiger charge is -2.31. The molecule has 3 aromatic rings. The number of nitrogens with one attached hydrogen (secondary N) is 1. The van der Waals surface area contributed by atoms with E-state index in [1.165, 1.54) is 11.3 Å². The van der Waals surface area contributed by atoms with Gasteiger partial charge in [-0.25, -0.2) is 4.98 Å². The van der Waals surface area contributed by atoms with Crippen molar-refractivity contribution in [3.8, 4) is 0 Å². The molecule has 4 heterocycles. The third kappa shape index (κ3) is 3.68. The summed E-state index contributed by atoms with van der Waals surface area (Å²) in [4.78, 5) is 33.3. The largest absolute Gasteiger partial charge is 0.337 e. The molecule has 4 rings (SSSR count). The Hall–Kier alpha value is -2.26. The molecule has 1 saturated heterocycles. The van der Waals surface area contributed by atoms with E-state index in [0.29, 0.717) is 23.8 Å². The molecule has 1 unspecified atom stereocenters. The van der Waals surface area contributed by atoms with E-state index in [0.717, 1.165) is 33.2 Å². The number of pyridine rings is 1. The molecular weight excluding hydrogens is 442 g/mol. The number of thiophene rings is 1. The van der Waals surface area contributed by atoms with Crippen LogP contribution in [0, 0.1) is 12.8 Å². The van der Waals surface area contributed by atoms with Crippen molar-refractivity contribution in [2.75, 3.05) is 18.4 Å². The minimum absolute atomic E-state index is 0.0140. The molecule has 7 nitrogen and oxygen atoms in total. The first kappa shape index (κ1) is 19.1. The zero-order valence-corrected chi connectivity index (χ0v) is 18.0. The lowest BCUT2D eigenvalue weighted by molar-refractivity contribution is -0.121. The standard InChI is InChI=1S/C19H20BrN5O2S/c1-11-14-8-15(28-19(14)24(2)23-11)18(27)25-7-3-4-12(10-25)17(26)22-16-6-5-13(20)9-21-16/h5-6,8-9,12H,3-4,7,10H2,1-2H3,(H,21,22,26). The highest BCUT2D eigenvalue weighted by molar-refractivity contribution is 9.10. The number of halogens is 1. The Morgan fingerprint density at radius 1 is 1.36 bits per heavy atom. The smallest absolute Gasteiger partial charge is 0.264 e. The highest BCUT2D eigenvalue weighted by Gasteiger charge is 2.30. The fourth-order valence-electron chi connectivity index (χ4n) is 3.52. The third-order valence-electron chi connectivity index (χ3n) is 4.97. The van der Waals surface area contributed by atoms with Crippen molar-refractivity contribution in [2.45, 2.75) is 19.8 Å². The van der Waals surface area contributed by atoms with Gasteiger partial charge >= 0.3 is 0 Å². The summed E-state index contributed by atoms with van der Waals surface area (Å²) in [5.74, 6) is 0.175. The van der Waals surface area contributed by atoms with Crippen LogP contribution in [0.5, 0.6) is 0 Å². The fourth-order valence-corrected chi connectivity index (χ4v) is 4.85. The molecule has 0 aliphatic carbocycles. The number of nitrogens with zero attached hydrogens (tertiary/aromatic N) is 4. The van der Waals surface area contributed by atoms with Crippen LogP contribution in [0.25, 0.3) is 10.2 Å². The maximum Gasteiger partial charge on any atom is 0.264 e. The molecule has 1 aliphatic rings. The first-order valence-electron chi connectivity index (χ1n) is 9.07. The third-order valence-corrected chi connectivity index (χ3v) is 6.62. The lowest BCUT2D eigenvalue weighted by atomic mass is 9.97. The summed E-state index contributed by atoms with van der Waals surface area (Å²) in [6.45, 7) is 3.04. The van der Waals surface area contributed by atoms with Crippen molar-refractivity contribution in [3.05, 3.63) is 39.4 Å². The van der Waals surface area contributed by atoms with E-state index in [1.807, 2.05) is 30.8 Å². The lowest BCUT2D eigenvalue weighted by Crippen LogP contribution is -2.43. The molecule has 1 aliphatic heterocycles. The Morgan fingerprint density at radius 2 is 2.18 bits per heavy atom. The zero-order valence-electron chi connectivity index (χ0n) is 15.6. The van der Waals surface area contributed by atoms with Crippen LogP contribution in [0.15, 0.2) is 28.9 Å². The van der Waals surface area contributed by atoms with Gasteiger partial charge in [-0.05, 0) is 53.9 Å². The maximum atomic E-state index is 13.0. The number of piperidine rings is 1. The van der Waals surface area contributed by atoms with Gasteiger partial charge in [0.25, 0.3) is 5.91 Å². The quantitative estimate of drug-likeness (QED) is 0.645. The van der Waals surface area contributed by atoms with Crippen molar-refractivity contribution in [2.24, 2.45) is 13.0 Å². The Labute approximate surface area is 174 Å². The summed E-state index contributed by atoms with van der Waals surface area (Å²) in [5.41, 5.74) is 0.922. The highest BCUT2D eigenvalue weighted by Crippen LogP contribution is 2.30. The van der Waals surface area contributed by atoms with Gasteiger partial charge in [0.15, 0.2) is 0 Å². The summed E-state index contributed by atoms with van der Waals surface area (Å²) in [5, 5.41) is 8.25. The Bertz CT molecular complexity index is 1010. The summed E-state index contributed by atoms with van der Waals surface area (Å²) in [7, 11) is 1.89. The number of hydrogen-bond donors (Lipinski definition) is 1. The van der Waals surface area contributed by atoms with Crippen LogP contribution >= 0.6 is 27.3 Å². The highest BCUT2D eigenvalue weighted by atomic mass is 79.9. The molecule has 9 heteroatoms. The predicted molar refractivity (Wildman–Crippen MR) is 113 cm³/mol. The number of amides is 2. The van der Waals surface area contributed by atoms with Gasteiger partial charge in [-0.15, -0.1) is 11.3 Å². The van der Waals surface area contributed by atoms with Gasteiger partial charge in [-0.1, -0.05) is 0 Å². The summed E-state index contributed by atoms with van der Waals surface area (Å²) in [6.07, 6.45) is 3.22. The van der Waals surface area contributed by atoms with Crippen molar-refractivity contribution in [1.82, 2.24) is 19.7 Å². The molecule has 1 atom stereocenters. The fraction of sp³-hybridized carbons (Fsp3) is 0.368. The molecule has 0 bridgehead atoms. The van der Waals surface area contributed by atoms with E-state index in [4.69, 9.17) is 0 Å². The monoisotopic (exact) mass is 461 g/mol. The molecule has 2 amide bonds. The zero-order chi connectivity index (χ0) is 19.8. The van der Waals surface area contributed by atoms with Crippen LogP contribution in [-0.2, 0) is 11.8 Å². The molecule has 1 N–H and O–H groups in total. The van der Waals surface area contributed by atoms with Crippen LogP contribution in [0.3, 0.4) is 0 Å². The molecule has 0 spiro atoms. The van der Waals surface area contributed by atoms with Gasteiger partial charge in [0.05, 0.1) is 16.5 Å². The number of fused-ring (bicyclic) bond motifs is 1. The molecule has 146 valence electrons. The van der Waals surface area contributed by atoms with Crippen molar-refractivity contribution < 1.29 is 9.59 Å². The number of rotatable bonds is 3. The van der Waals surface area contributed by atoms with Crippen LogP contribution in [-0.4, -0.2) is 44.6 Å². The van der Waals surface area contributed by atoms with E-state index in [9.17, 15) is 9.59 Å². The van der Waals surface area contributed by atoms with Crippen molar-refractivity contribution >= 4 is 55.1 Å². The maximum absolute atomic E-state index is 13.0. The normalized spacial score (nSPS) is 17.1. The summed E-state index contributed by atoms with van der Waals surface area (Å²) in [6, 6.07) is 5.50. The van der Waals surface area contributed by atoms with Gasteiger partial charge in [-0.3, -0.25) is 14.3 Å². The molecule has 0 saturated carbocycles. The number of aryl methyl sites for hydroxylation is 2. The number of anilines is 1. The Kier molecular flexibility index (Phi) is 5.20. The number of hydrogen-bond acceptors (Lipinski definition) is 5. The SMILES string of the molecule is Cc1nn(C)c2sc(C(=O)N3CCCC(C(=O)Nc4ccc(Br)cn4)C3)cc12. The van der Waals surface area contributed by atoms with Gasteiger partial charge < -0.3 is 10.2 Å². The molecule has 0 radical (unpaired) electrons. The summed E-state index contributed by atoms with van der Waals surface area (Å²) >= 11 is 4.78. The van der Waals surface area contributed by atoms with Gasteiger partial charge in [0.1, 0.15) is 10.6 Å². The molecule has 28 heavy (non-hydrogen) atoms. The van der Waals surface area contributed by atoms with Gasteiger partial charge in [0, 0.05) is 36.2 Å². The minimum Gasteiger partial charge on any atom is -0.337 e. The average molecular weight is 462 g/mol. The van der Waals surface area contributed by atoms with Gasteiger partial charge in [-0.2, -0.15) is 5.10 Å². The van der Waals surface area contributed by atoms with E-state index in [2.05, 4.69) is 31.3 Å². The first-order chi connectivity index (χ1) is 13.4. The molecule has 1 fully saturated rings. The molecular formula is C19H20BrN5O2S.